The maximum Gasteiger partial charge on any atom is 0.229 e. The minimum atomic E-state index is -3.37. The van der Waals surface area contributed by atoms with Crippen molar-refractivity contribution < 1.29 is 13.2 Å². The Kier molecular flexibility index (Phi) is 5.06. The summed E-state index contributed by atoms with van der Waals surface area (Å²) >= 11 is 0. The second-order valence-corrected chi connectivity index (χ2v) is 7.71. The first kappa shape index (κ1) is 17.4. The molecule has 1 heterocycles. The van der Waals surface area contributed by atoms with Gasteiger partial charge in [-0.2, -0.15) is 5.10 Å². The summed E-state index contributed by atoms with van der Waals surface area (Å²) in [5, 5.41) is 8.37. The number of H-pyrrole nitrogens is 1. The summed E-state index contributed by atoms with van der Waals surface area (Å²) in [4.78, 5) is 0. The van der Waals surface area contributed by atoms with E-state index in [1.807, 2.05) is 30.3 Å². The lowest BCUT2D eigenvalue weighted by molar-refractivity contribution is 0.191. The van der Waals surface area contributed by atoms with Gasteiger partial charge in [-0.25, -0.2) is 8.42 Å². The molecule has 0 spiro atoms. The Balaban J connectivity index is 2.08. The highest BCUT2D eigenvalue weighted by atomic mass is 32.2. The molecule has 0 amide bonds. The highest BCUT2D eigenvalue weighted by molar-refractivity contribution is 7.92. The number of sulfonamides is 1. The fraction of sp³-hybridized carbons (Fsp3) is 0.278. The average molecular weight is 359 g/mol. The first-order valence-electron chi connectivity index (χ1n) is 7.98. The van der Waals surface area contributed by atoms with Gasteiger partial charge in [-0.05, 0) is 18.1 Å². The van der Waals surface area contributed by atoms with E-state index >= 15 is 0 Å². The van der Waals surface area contributed by atoms with Crippen molar-refractivity contribution in [2.45, 2.75) is 12.3 Å². The Morgan fingerprint density at radius 2 is 1.92 bits per heavy atom. The summed E-state index contributed by atoms with van der Waals surface area (Å²) in [5.74, 6) is 0.0830. The van der Waals surface area contributed by atoms with Crippen molar-refractivity contribution in [3.05, 3.63) is 59.8 Å². The van der Waals surface area contributed by atoms with Crippen molar-refractivity contribution >= 4 is 26.6 Å². The van der Waals surface area contributed by atoms with Gasteiger partial charge in [0.25, 0.3) is 0 Å². The average Bonchev–Trinajstić information content (AvgIpc) is 3.00. The minimum absolute atomic E-state index is 0.0830. The van der Waals surface area contributed by atoms with E-state index in [1.54, 1.807) is 13.2 Å². The molecule has 1 aromatic heterocycles. The van der Waals surface area contributed by atoms with Crippen LogP contribution in [0.5, 0.6) is 0 Å². The molecular formula is C18H21N3O3S. The van der Waals surface area contributed by atoms with Crippen LogP contribution in [-0.2, 0) is 14.8 Å². The van der Waals surface area contributed by atoms with Crippen LogP contribution in [0.4, 0.5) is 5.69 Å². The molecule has 132 valence electrons. The molecular weight excluding hydrogens is 338 g/mol. The highest BCUT2D eigenvalue weighted by Crippen LogP contribution is 2.34. The number of hydrogen-bond acceptors (Lipinski definition) is 4. The van der Waals surface area contributed by atoms with Crippen molar-refractivity contribution in [2.24, 2.45) is 0 Å². The Morgan fingerprint density at radius 1 is 1.16 bits per heavy atom. The lowest BCUT2D eigenvalue weighted by atomic mass is 9.91. The number of ether oxygens (including phenoxy) is 1. The SMILES string of the molecule is COCCC(c1ccccc1)c1[nH]nc2c(NS(C)(=O)=O)cccc12. The van der Waals surface area contributed by atoms with Gasteiger partial charge in [0.2, 0.25) is 10.0 Å². The van der Waals surface area contributed by atoms with Crippen LogP contribution in [0.1, 0.15) is 23.6 Å². The van der Waals surface area contributed by atoms with Crippen molar-refractivity contribution in [3.8, 4) is 0 Å². The van der Waals surface area contributed by atoms with Crippen molar-refractivity contribution in [3.63, 3.8) is 0 Å². The molecule has 2 aromatic carbocycles. The van der Waals surface area contributed by atoms with Gasteiger partial charge in [-0.3, -0.25) is 9.82 Å². The zero-order valence-electron chi connectivity index (χ0n) is 14.2. The lowest BCUT2D eigenvalue weighted by Gasteiger charge is -2.16. The molecule has 0 saturated heterocycles. The monoisotopic (exact) mass is 359 g/mol. The minimum Gasteiger partial charge on any atom is -0.385 e. The van der Waals surface area contributed by atoms with Crippen LogP contribution in [0.3, 0.4) is 0 Å². The van der Waals surface area contributed by atoms with Gasteiger partial charge in [-0.15, -0.1) is 0 Å². The zero-order chi connectivity index (χ0) is 17.9. The summed E-state index contributed by atoms with van der Waals surface area (Å²) in [7, 11) is -1.69. The number of aromatic amines is 1. The van der Waals surface area contributed by atoms with E-state index in [2.05, 4.69) is 27.1 Å². The fourth-order valence-corrected chi connectivity index (χ4v) is 3.57. The second-order valence-electron chi connectivity index (χ2n) is 5.96. The van der Waals surface area contributed by atoms with Crippen LogP contribution in [0.15, 0.2) is 48.5 Å². The van der Waals surface area contributed by atoms with Gasteiger partial charge in [0, 0.05) is 25.0 Å². The number of nitrogens with one attached hydrogen (secondary N) is 2. The predicted molar refractivity (Wildman–Crippen MR) is 99.3 cm³/mol. The summed E-state index contributed by atoms with van der Waals surface area (Å²) in [5.41, 5.74) is 3.20. The van der Waals surface area contributed by atoms with E-state index in [-0.39, 0.29) is 5.92 Å². The maximum absolute atomic E-state index is 11.6. The van der Waals surface area contributed by atoms with E-state index in [0.29, 0.717) is 17.8 Å². The van der Waals surface area contributed by atoms with E-state index in [4.69, 9.17) is 4.74 Å². The largest absolute Gasteiger partial charge is 0.385 e. The number of nitrogens with zero attached hydrogens (tertiary/aromatic N) is 1. The molecule has 1 atom stereocenters. The number of fused-ring (bicyclic) bond motifs is 1. The number of para-hydroxylation sites is 1. The molecule has 6 nitrogen and oxygen atoms in total. The van der Waals surface area contributed by atoms with Crippen LogP contribution in [0.2, 0.25) is 0 Å². The van der Waals surface area contributed by atoms with Gasteiger partial charge in [0.15, 0.2) is 0 Å². The molecule has 7 heteroatoms. The van der Waals surface area contributed by atoms with Gasteiger partial charge in [0.05, 0.1) is 17.6 Å². The first-order chi connectivity index (χ1) is 12.0. The Bertz CT molecular complexity index is 952. The van der Waals surface area contributed by atoms with Crippen molar-refractivity contribution in [1.29, 1.82) is 0 Å². The number of rotatable bonds is 7. The first-order valence-corrected chi connectivity index (χ1v) is 9.87. The standard InChI is InChI=1S/C18H21N3O3S/c1-24-12-11-14(13-7-4-3-5-8-13)17-15-9-6-10-16(18(15)20-19-17)21-25(2,22)23/h3-10,14,21H,11-12H2,1-2H3,(H,19,20). The predicted octanol–water partition coefficient (Wildman–Crippen LogP) is 3.10. The van der Waals surface area contributed by atoms with Crippen LogP contribution >= 0.6 is 0 Å². The second kappa shape index (κ2) is 7.25. The van der Waals surface area contributed by atoms with E-state index in [9.17, 15) is 8.42 Å². The molecule has 0 saturated carbocycles. The van der Waals surface area contributed by atoms with E-state index in [0.717, 1.165) is 29.3 Å². The van der Waals surface area contributed by atoms with Crippen molar-refractivity contribution in [2.75, 3.05) is 24.7 Å². The van der Waals surface area contributed by atoms with E-state index < -0.39 is 10.0 Å². The normalized spacial score (nSPS) is 13.0. The summed E-state index contributed by atoms with van der Waals surface area (Å²) in [6, 6.07) is 15.6. The fourth-order valence-electron chi connectivity index (χ4n) is 3.00. The molecule has 0 aliphatic carbocycles. The molecule has 0 bridgehead atoms. The van der Waals surface area contributed by atoms with Gasteiger partial charge in [-0.1, -0.05) is 42.5 Å². The number of anilines is 1. The van der Waals surface area contributed by atoms with Gasteiger partial charge < -0.3 is 4.74 Å². The van der Waals surface area contributed by atoms with Crippen LogP contribution in [0.25, 0.3) is 10.9 Å². The third-order valence-corrected chi connectivity index (χ3v) is 4.66. The Morgan fingerprint density at radius 3 is 2.60 bits per heavy atom. The van der Waals surface area contributed by atoms with Crippen molar-refractivity contribution in [1.82, 2.24) is 10.2 Å². The van der Waals surface area contributed by atoms with Crippen LogP contribution < -0.4 is 4.72 Å². The maximum atomic E-state index is 11.6. The van der Waals surface area contributed by atoms with Gasteiger partial charge >= 0.3 is 0 Å². The molecule has 25 heavy (non-hydrogen) atoms. The smallest absolute Gasteiger partial charge is 0.229 e. The molecule has 0 fully saturated rings. The van der Waals surface area contributed by atoms with Gasteiger partial charge in [0.1, 0.15) is 5.52 Å². The summed E-state index contributed by atoms with van der Waals surface area (Å²) in [6.07, 6.45) is 1.92. The topological polar surface area (TPSA) is 84.1 Å². The quantitative estimate of drug-likeness (QED) is 0.679. The molecule has 2 N–H and O–H groups in total. The lowest BCUT2D eigenvalue weighted by Crippen LogP contribution is -2.09. The van der Waals surface area contributed by atoms with Crippen LogP contribution in [0, 0.1) is 0 Å². The third kappa shape index (κ3) is 4.00. The Labute approximate surface area is 147 Å². The number of hydrogen-bond donors (Lipinski definition) is 2. The third-order valence-electron chi connectivity index (χ3n) is 4.07. The molecule has 1 unspecified atom stereocenters. The molecule has 0 radical (unpaired) electrons. The molecule has 0 aliphatic heterocycles. The van der Waals surface area contributed by atoms with Crippen LogP contribution in [-0.4, -0.2) is 38.6 Å². The summed E-state index contributed by atoms with van der Waals surface area (Å²) in [6.45, 7) is 0.612. The molecule has 3 rings (SSSR count). The Hall–Kier alpha value is -2.38. The number of methoxy groups -OCH3 is 1. The summed E-state index contributed by atoms with van der Waals surface area (Å²) < 4.78 is 31.0. The number of aromatic nitrogens is 2. The molecule has 3 aromatic rings. The number of benzene rings is 2. The zero-order valence-corrected chi connectivity index (χ0v) is 15.0. The van der Waals surface area contributed by atoms with E-state index in [1.165, 1.54) is 0 Å². The highest BCUT2D eigenvalue weighted by Gasteiger charge is 2.20. The molecule has 0 aliphatic rings.